The normalized spacial score (nSPS) is 24.9. The van der Waals surface area contributed by atoms with E-state index in [2.05, 4.69) is 33.4 Å². The second-order valence-corrected chi connectivity index (χ2v) is 9.27. The number of halogens is 1. The number of carbonyl (C=O) groups is 4. The zero-order chi connectivity index (χ0) is 22.3. The van der Waals surface area contributed by atoms with Crippen LogP contribution in [-0.2, 0) is 24.0 Å². The second-order valence-electron chi connectivity index (χ2n) is 6.87. The summed E-state index contributed by atoms with van der Waals surface area (Å²) in [5.74, 6) is -1.37. The highest BCUT2D eigenvalue weighted by Crippen LogP contribution is 2.43. The number of fused-ring (bicyclic) bond motifs is 1. The van der Waals surface area contributed by atoms with Gasteiger partial charge in [-0.15, -0.1) is 35.5 Å². The monoisotopic (exact) mass is 518 g/mol. The lowest BCUT2D eigenvalue weighted by Crippen LogP contribution is -2.71. The number of anilines is 1. The number of carbonyl (C=O) groups excluding carboxylic acids is 4. The highest BCUT2D eigenvalue weighted by molar-refractivity contribution is 8.00. The third-order valence-corrected chi connectivity index (χ3v) is 7.31. The Balaban J connectivity index is 0.00000289. The number of β-lactam (4-membered cyclic amide) rings is 1. The minimum absolute atomic E-state index is 0. The number of nitrogen functional groups attached to an aromatic ring is 1. The number of aromatic nitrogens is 1. The third-order valence-electron chi connectivity index (χ3n) is 5.12. The zero-order valence-corrected chi connectivity index (χ0v) is 19.9. The van der Waals surface area contributed by atoms with Crippen LogP contribution < -0.4 is 16.4 Å². The molecule has 1 unspecified atom stereocenters. The van der Waals surface area contributed by atoms with Crippen molar-refractivity contribution in [2.75, 3.05) is 25.1 Å². The quantitative estimate of drug-likeness (QED) is 0.174. The number of thiol groups is 1. The van der Waals surface area contributed by atoms with Gasteiger partial charge in [0.2, 0.25) is 11.0 Å². The molecule has 2 saturated heterocycles. The highest BCUT2D eigenvalue weighted by Gasteiger charge is 2.55. The molecule has 0 aromatic carbocycles. The van der Waals surface area contributed by atoms with Gasteiger partial charge >= 0.3 is 0 Å². The van der Waals surface area contributed by atoms with Gasteiger partial charge in [0.05, 0.1) is 11.6 Å². The molecule has 1 aromatic heterocycles. The molecule has 11 nitrogen and oxygen atoms in total. The van der Waals surface area contributed by atoms with Gasteiger partial charge in [-0.2, -0.15) is 0 Å². The van der Waals surface area contributed by atoms with E-state index in [1.807, 2.05) is 0 Å². The summed E-state index contributed by atoms with van der Waals surface area (Å²) in [4.78, 5) is 60.1. The Labute approximate surface area is 202 Å². The van der Waals surface area contributed by atoms with Gasteiger partial charge in [-0.05, 0) is 12.0 Å². The van der Waals surface area contributed by atoms with Gasteiger partial charge in [-0.1, -0.05) is 17.8 Å². The molecule has 172 valence electrons. The Bertz CT molecular complexity index is 1040. The lowest BCUT2D eigenvalue weighted by atomic mass is 9.94. The maximum absolute atomic E-state index is 12.9. The lowest BCUT2D eigenvalue weighted by Gasteiger charge is -2.50. The Hall–Kier alpha value is -2.29. The smallest absolute Gasteiger partial charge is 0.276 e. The van der Waals surface area contributed by atoms with Gasteiger partial charge in [0.15, 0.2) is 10.8 Å². The van der Waals surface area contributed by atoms with Crippen LogP contribution in [0, 0.1) is 5.92 Å². The summed E-state index contributed by atoms with van der Waals surface area (Å²) in [5.41, 5.74) is 6.45. The number of thiazole rings is 1. The van der Waals surface area contributed by atoms with E-state index >= 15 is 0 Å². The van der Waals surface area contributed by atoms with Crippen molar-refractivity contribution < 1.29 is 24.0 Å². The molecule has 3 aliphatic heterocycles. The number of nitrogens with zero attached hydrogens (tertiary/aromatic N) is 3. The van der Waals surface area contributed by atoms with Crippen molar-refractivity contribution in [3.05, 3.63) is 22.3 Å². The van der Waals surface area contributed by atoms with Crippen molar-refractivity contribution in [2.24, 2.45) is 11.1 Å². The summed E-state index contributed by atoms with van der Waals surface area (Å²) < 4.78 is 0. The van der Waals surface area contributed by atoms with Crippen LogP contribution in [0.25, 0.3) is 0 Å². The summed E-state index contributed by atoms with van der Waals surface area (Å²) >= 11 is 6.44. The SMILES string of the molecule is CON=C(C(=O)N[C@@H]1C(=O)N2C(C(=O)S)=C(C3CCNC3=O)CS[C@H]12)c1csc(N)n1.Cl. The Kier molecular flexibility index (Phi) is 7.37. The molecule has 1 aromatic rings. The first-order valence-electron chi connectivity index (χ1n) is 9.15. The van der Waals surface area contributed by atoms with E-state index in [9.17, 15) is 19.2 Å². The summed E-state index contributed by atoms with van der Waals surface area (Å²) in [5, 5.41) is 9.80. The zero-order valence-electron chi connectivity index (χ0n) is 16.6. The third kappa shape index (κ3) is 4.19. The number of amides is 3. The van der Waals surface area contributed by atoms with Gasteiger partial charge in [0, 0.05) is 17.7 Å². The molecule has 4 heterocycles. The van der Waals surface area contributed by atoms with Crippen LogP contribution in [0.5, 0.6) is 0 Å². The number of nitrogens with one attached hydrogen (secondary N) is 2. The van der Waals surface area contributed by atoms with Crippen molar-refractivity contribution in [2.45, 2.75) is 17.8 Å². The Morgan fingerprint density at radius 1 is 1.44 bits per heavy atom. The molecule has 0 radical (unpaired) electrons. The molecule has 2 fully saturated rings. The van der Waals surface area contributed by atoms with E-state index in [1.165, 1.54) is 23.8 Å². The molecule has 3 aliphatic rings. The molecule has 4 rings (SSSR count). The van der Waals surface area contributed by atoms with Crippen molar-refractivity contribution in [1.29, 1.82) is 0 Å². The van der Waals surface area contributed by atoms with Gasteiger partial charge in [-0.25, -0.2) is 4.98 Å². The molecule has 0 spiro atoms. The van der Waals surface area contributed by atoms with Crippen LogP contribution in [-0.4, -0.2) is 69.3 Å². The molecule has 15 heteroatoms. The molecule has 32 heavy (non-hydrogen) atoms. The fraction of sp³-hybridized carbons (Fsp3) is 0.412. The Morgan fingerprint density at radius 2 is 2.19 bits per heavy atom. The Morgan fingerprint density at radius 3 is 2.75 bits per heavy atom. The van der Waals surface area contributed by atoms with Crippen molar-refractivity contribution in [3.63, 3.8) is 0 Å². The van der Waals surface area contributed by atoms with Crippen LogP contribution in [0.4, 0.5) is 5.13 Å². The fourth-order valence-corrected chi connectivity index (χ4v) is 5.96. The van der Waals surface area contributed by atoms with Gasteiger partial charge in [-0.3, -0.25) is 24.1 Å². The number of thioether (sulfide) groups is 1. The first kappa shape index (κ1) is 24.4. The fourth-order valence-electron chi connectivity index (χ4n) is 3.74. The van der Waals surface area contributed by atoms with Crippen LogP contribution >= 0.6 is 48.1 Å². The molecule has 0 aliphatic carbocycles. The van der Waals surface area contributed by atoms with E-state index in [0.717, 1.165) is 11.3 Å². The van der Waals surface area contributed by atoms with Gasteiger partial charge in [0.25, 0.3) is 11.8 Å². The molecule has 4 N–H and O–H groups in total. The standard InChI is InChI=1S/C17H18N6O5S3.ClH/c1-28-22-9(8-5-31-17(18)20-8)13(25)21-10-14(26)23-11(16(27)29)7(4-30-15(10)23)6-2-3-19-12(6)24;/h5-6,10,15H,2-4H2,1H3,(H2,18,20)(H,19,24)(H,21,25)(H,27,29);1H/t6?,10-,15-;/m1./s1. The van der Waals surface area contributed by atoms with Crippen molar-refractivity contribution >= 4 is 81.8 Å². The van der Waals surface area contributed by atoms with Crippen LogP contribution in [0.2, 0.25) is 0 Å². The largest absolute Gasteiger partial charge is 0.398 e. The maximum atomic E-state index is 12.9. The van der Waals surface area contributed by atoms with Crippen LogP contribution in [0.15, 0.2) is 21.8 Å². The summed E-state index contributed by atoms with van der Waals surface area (Å²) in [7, 11) is 1.28. The summed E-state index contributed by atoms with van der Waals surface area (Å²) in [6.07, 6.45) is 0.555. The van der Waals surface area contributed by atoms with E-state index in [1.54, 1.807) is 5.38 Å². The minimum Gasteiger partial charge on any atom is -0.398 e. The number of rotatable bonds is 6. The second kappa shape index (κ2) is 9.68. The highest BCUT2D eigenvalue weighted by atomic mass is 35.5. The molecule has 0 bridgehead atoms. The maximum Gasteiger partial charge on any atom is 0.276 e. The predicted molar refractivity (Wildman–Crippen MR) is 124 cm³/mol. The van der Waals surface area contributed by atoms with E-state index in [-0.39, 0.29) is 40.5 Å². The van der Waals surface area contributed by atoms with Crippen molar-refractivity contribution in [3.8, 4) is 0 Å². The van der Waals surface area contributed by atoms with Crippen molar-refractivity contribution in [1.82, 2.24) is 20.5 Å². The number of hydrogen-bond donors (Lipinski definition) is 4. The van der Waals surface area contributed by atoms with E-state index in [4.69, 9.17) is 10.6 Å². The van der Waals surface area contributed by atoms with Gasteiger partial charge in [0.1, 0.15) is 24.2 Å². The van der Waals surface area contributed by atoms with E-state index < -0.39 is 34.3 Å². The summed E-state index contributed by atoms with van der Waals surface area (Å²) in [6.45, 7) is 0.518. The minimum atomic E-state index is -0.878. The lowest BCUT2D eigenvalue weighted by molar-refractivity contribution is -0.146. The average molecular weight is 519 g/mol. The number of oxime groups is 1. The molecule has 3 atom stereocenters. The number of hydrogen-bond acceptors (Lipinski definition) is 10. The van der Waals surface area contributed by atoms with Crippen LogP contribution in [0.1, 0.15) is 12.1 Å². The summed E-state index contributed by atoms with van der Waals surface area (Å²) in [6, 6.07) is -0.878. The van der Waals surface area contributed by atoms with Crippen LogP contribution in [0.3, 0.4) is 0 Å². The predicted octanol–water partition coefficient (Wildman–Crippen LogP) is -0.256. The molecule has 0 saturated carbocycles. The average Bonchev–Trinajstić information content (AvgIpc) is 3.36. The first-order valence-corrected chi connectivity index (χ1v) is 11.5. The topological polar surface area (TPSA) is 156 Å². The molecular weight excluding hydrogens is 500 g/mol. The first-order chi connectivity index (χ1) is 14.8. The molecule has 3 amide bonds. The van der Waals surface area contributed by atoms with E-state index in [0.29, 0.717) is 24.3 Å². The number of nitrogens with two attached hydrogens (primary N) is 1. The van der Waals surface area contributed by atoms with Gasteiger partial charge < -0.3 is 21.2 Å². The molecular formula is C17H19ClN6O5S3.